The zero-order chi connectivity index (χ0) is 21.4. The Labute approximate surface area is 195 Å². The fourth-order valence-electron chi connectivity index (χ4n) is 6.34. The normalized spacial score (nSPS) is 28.7. The molecule has 4 bridgehead atoms. The van der Waals surface area contributed by atoms with Crippen LogP contribution in [0.25, 0.3) is 0 Å². The Hall–Kier alpha value is -1.42. The average Bonchev–Trinajstić information content (AvgIpc) is 2.73. The van der Waals surface area contributed by atoms with Crippen molar-refractivity contribution in [3.8, 4) is 11.5 Å². The molecule has 4 fully saturated rings. The lowest BCUT2D eigenvalue weighted by Gasteiger charge is -2.54. The summed E-state index contributed by atoms with van der Waals surface area (Å²) in [6, 6.07) is 12.4. The highest BCUT2D eigenvalue weighted by molar-refractivity contribution is 6.35. The molecule has 4 saturated carbocycles. The third kappa shape index (κ3) is 4.69. The minimum absolute atomic E-state index is 0.376. The maximum atomic E-state index is 6.28. The van der Waals surface area contributed by atoms with Crippen molar-refractivity contribution < 1.29 is 9.47 Å². The molecule has 0 amide bonds. The zero-order valence-electron chi connectivity index (χ0n) is 18.1. The minimum atomic E-state index is 0.376. The summed E-state index contributed by atoms with van der Waals surface area (Å²) >= 11 is 12.3. The summed E-state index contributed by atoms with van der Waals surface area (Å²) < 4.78 is 11.9. The molecule has 0 radical (unpaired) electrons. The first-order valence-electron chi connectivity index (χ1n) is 11.6. The molecule has 0 atom stereocenters. The van der Waals surface area contributed by atoms with Crippen molar-refractivity contribution in [3.05, 3.63) is 57.6 Å². The number of rotatable bonds is 8. The summed E-state index contributed by atoms with van der Waals surface area (Å²) in [5.74, 6) is 5.32. The molecule has 31 heavy (non-hydrogen) atoms. The molecule has 3 nitrogen and oxygen atoms in total. The molecule has 166 valence electrons. The molecular weight excluding hydrogens is 429 g/mol. The van der Waals surface area contributed by atoms with Crippen LogP contribution in [0.2, 0.25) is 10.0 Å². The van der Waals surface area contributed by atoms with Gasteiger partial charge in [0.15, 0.2) is 11.5 Å². The smallest absolute Gasteiger partial charge is 0.161 e. The van der Waals surface area contributed by atoms with Gasteiger partial charge in [-0.1, -0.05) is 35.3 Å². The minimum Gasteiger partial charge on any atom is -0.490 e. The summed E-state index contributed by atoms with van der Waals surface area (Å²) in [5, 5.41) is 5.15. The van der Waals surface area contributed by atoms with Gasteiger partial charge in [0.05, 0.1) is 6.61 Å². The van der Waals surface area contributed by atoms with Crippen LogP contribution in [-0.4, -0.2) is 12.6 Å². The predicted molar refractivity (Wildman–Crippen MR) is 126 cm³/mol. The molecular formula is C26H31Cl2NO2. The van der Waals surface area contributed by atoms with Crippen molar-refractivity contribution in [3.63, 3.8) is 0 Å². The molecule has 0 aromatic heterocycles. The lowest BCUT2D eigenvalue weighted by molar-refractivity contribution is -0.0142. The Bertz CT molecular complexity index is 904. The van der Waals surface area contributed by atoms with Crippen LogP contribution in [0.4, 0.5) is 0 Å². The van der Waals surface area contributed by atoms with Crippen LogP contribution in [0, 0.1) is 23.7 Å². The van der Waals surface area contributed by atoms with Gasteiger partial charge in [0.1, 0.15) is 6.61 Å². The fourth-order valence-corrected chi connectivity index (χ4v) is 6.80. The van der Waals surface area contributed by atoms with Crippen LogP contribution >= 0.6 is 23.2 Å². The summed E-state index contributed by atoms with van der Waals surface area (Å²) in [4.78, 5) is 0. The predicted octanol–water partition coefficient (Wildman–Crippen LogP) is 6.89. The number of halogens is 2. The molecule has 2 aromatic carbocycles. The van der Waals surface area contributed by atoms with Gasteiger partial charge in [-0.15, -0.1) is 0 Å². The number of ether oxygens (including phenoxy) is 2. The van der Waals surface area contributed by atoms with Crippen LogP contribution in [-0.2, 0) is 13.2 Å². The van der Waals surface area contributed by atoms with Crippen LogP contribution in [0.15, 0.2) is 36.4 Å². The highest BCUT2D eigenvalue weighted by Gasteiger charge is 2.47. The first-order chi connectivity index (χ1) is 15.1. The number of hydrogen-bond acceptors (Lipinski definition) is 3. The van der Waals surface area contributed by atoms with E-state index >= 15 is 0 Å². The Kier molecular flexibility index (Phi) is 6.37. The second kappa shape index (κ2) is 9.21. The molecule has 0 spiro atoms. The van der Waals surface area contributed by atoms with E-state index in [0.29, 0.717) is 29.3 Å². The van der Waals surface area contributed by atoms with E-state index < -0.39 is 0 Å². The Morgan fingerprint density at radius 2 is 1.61 bits per heavy atom. The summed E-state index contributed by atoms with van der Waals surface area (Å²) in [6.07, 6.45) is 7.26. The van der Waals surface area contributed by atoms with Gasteiger partial charge in [-0.05, 0) is 92.5 Å². The van der Waals surface area contributed by atoms with Crippen molar-refractivity contribution in [2.45, 2.75) is 58.2 Å². The highest BCUT2D eigenvalue weighted by Crippen LogP contribution is 2.53. The molecule has 1 N–H and O–H groups in total. The number of nitrogens with one attached hydrogen (secondary N) is 1. The summed E-state index contributed by atoms with van der Waals surface area (Å²) in [6.45, 7) is 3.86. The van der Waals surface area contributed by atoms with Crippen molar-refractivity contribution in [1.82, 2.24) is 5.32 Å². The molecule has 6 rings (SSSR count). The maximum absolute atomic E-state index is 6.28. The van der Waals surface area contributed by atoms with Gasteiger partial charge in [-0.2, -0.15) is 0 Å². The number of hydrogen-bond donors (Lipinski definition) is 1. The van der Waals surface area contributed by atoms with Crippen molar-refractivity contribution in [1.29, 1.82) is 0 Å². The first-order valence-corrected chi connectivity index (χ1v) is 12.4. The van der Waals surface area contributed by atoms with Crippen molar-refractivity contribution in [2.75, 3.05) is 6.61 Å². The molecule has 0 unspecified atom stereocenters. The van der Waals surface area contributed by atoms with Gasteiger partial charge in [0.25, 0.3) is 0 Å². The van der Waals surface area contributed by atoms with Crippen LogP contribution < -0.4 is 14.8 Å². The van der Waals surface area contributed by atoms with E-state index in [0.717, 1.165) is 47.3 Å². The summed E-state index contributed by atoms with van der Waals surface area (Å²) in [7, 11) is 0. The van der Waals surface area contributed by atoms with Crippen LogP contribution in [0.3, 0.4) is 0 Å². The van der Waals surface area contributed by atoms with E-state index in [1.165, 1.54) is 37.7 Å². The molecule has 0 aliphatic heterocycles. The third-order valence-corrected chi connectivity index (χ3v) is 8.06. The van der Waals surface area contributed by atoms with Gasteiger partial charge in [0, 0.05) is 28.2 Å². The maximum Gasteiger partial charge on any atom is 0.161 e. The highest BCUT2D eigenvalue weighted by atomic mass is 35.5. The van der Waals surface area contributed by atoms with Crippen LogP contribution in [0.5, 0.6) is 11.5 Å². The largest absolute Gasteiger partial charge is 0.490 e. The quantitative estimate of drug-likeness (QED) is 0.466. The van der Waals surface area contributed by atoms with Gasteiger partial charge in [-0.3, -0.25) is 0 Å². The van der Waals surface area contributed by atoms with Crippen molar-refractivity contribution >= 4 is 23.2 Å². The van der Waals surface area contributed by atoms with E-state index in [9.17, 15) is 0 Å². The second-order valence-electron chi connectivity index (χ2n) is 9.58. The van der Waals surface area contributed by atoms with E-state index in [1.807, 2.05) is 25.1 Å². The second-order valence-corrected chi connectivity index (χ2v) is 10.4. The summed E-state index contributed by atoms with van der Waals surface area (Å²) in [5.41, 5.74) is 2.15. The number of benzene rings is 2. The van der Waals surface area contributed by atoms with Gasteiger partial charge in [0.2, 0.25) is 0 Å². The van der Waals surface area contributed by atoms with E-state index in [2.05, 4.69) is 17.4 Å². The van der Waals surface area contributed by atoms with E-state index in [1.54, 1.807) is 6.07 Å². The molecule has 0 heterocycles. The monoisotopic (exact) mass is 459 g/mol. The van der Waals surface area contributed by atoms with Crippen LogP contribution in [0.1, 0.15) is 50.2 Å². The van der Waals surface area contributed by atoms with Gasteiger partial charge < -0.3 is 14.8 Å². The fraction of sp³-hybridized carbons (Fsp3) is 0.538. The zero-order valence-corrected chi connectivity index (χ0v) is 19.6. The van der Waals surface area contributed by atoms with E-state index in [4.69, 9.17) is 32.7 Å². The Morgan fingerprint density at radius 3 is 2.29 bits per heavy atom. The average molecular weight is 460 g/mol. The molecule has 0 saturated heterocycles. The Morgan fingerprint density at radius 1 is 0.871 bits per heavy atom. The molecule has 2 aromatic rings. The lowest BCUT2D eigenvalue weighted by Crippen LogP contribution is -2.54. The van der Waals surface area contributed by atoms with Gasteiger partial charge in [-0.25, -0.2) is 0 Å². The molecule has 4 aliphatic carbocycles. The Balaban J connectivity index is 1.23. The lowest BCUT2D eigenvalue weighted by atomic mass is 9.54. The van der Waals surface area contributed by atoms with Gasteiger partial charge >= 0.3 is 0 Å². The van der Waals surface area contributed by atoms with Crippen molar-refractivity contribution in [2.24, 2.45) is 23.7 Å². The van der Waals surface area contributed by atoms with E-state index in [-0.39, 0.29) is 0 Å². The standard InChI is InChI=1S/C26H31Cl2NO2/c1-2-30-25-12-16(3-6-24(25)31-15-19-4-5-22(27)13-23(19)28)14-29-26-20-8-17-7-18(10-20)11-21(26)9-17/h3-6,12-13,17-18,20-21,26,29H,2,7-11,14-15H2,1H3. The molecule has 4 aliphatic rings. The SMILES string of the molecule is CCOc1cc(CNC2C3CC4CC(C3)CC2C4)ccc1OCc1ccc(Cl)cc1Cl. The molecule has 5 heteroatoms. The topological polar surface area (TPSA) is 30.5 Å². The first kappa shape index (κ1) is 21.4. The third-order valence-electron chi connectivity index (χ3n) is 7.47.